The smallest absolute Gasteiger partial charge is 0.144 e. The van der Waals surface area contributed by atoms with Crippen LogP contribution in [0.15, 0.2) is 42.7 Å². The molecule has 0 aliphatic carbocycles. The summed E-state index contributed by atoms with van der Waals surface area (Å²) in [6.07, 6.45) is 5.66. The van der Waals surface area contributed by atoms with Crippen molar-refractivity contribution in [1.82, 2.24) is 14.9 Å². The molecule has 5 heteroatoms. The van der Waals surface area contributed by atoms with E-state index in [0.717, 1.165) is 38.2 Å². The van der Waals surface area contributed by atoms with Gasteiger partial charge in [-0.05, 0) is 37.1 Å². The Kier molecular flexibility index (Phi) is 4.62. The number of pyridine rings is 2. The summed E-state index contributed by atoms with van der Waals surface area (Å²) in [4.78, 5) is 11.1. The molecule has 1 N–H and O–H groups in total. The maximum atomic E-state index is 9.11. The monoisotopic (exact) mass is 293 g/mol. The van der Waals surface area contributed by atoms with Crippen LogP contribution in [-0.2, 0) is 6.54 Å². The van der Waals surface area contributed by atoms with Crippen LogP contribution in [0.1, 0.15) is 24.1 Å². The van der Waals surface area contributed by atoms with E-state index in [1.54, 1.807) is 18.3 Å². The molecule has 3 rings (SSSR count). The van der Waals surface area contributed by atoms with E-state index in [2.05, 4.69) is 32.3 Å². The number of nitrogens with zero attached hydrogens (tertiary/aromatic N) is 4. The van der Waals surface area contributed by atoms with Gasteiger partial charge in [0.15, 0.2) is 0 Å². The highest BCUT2D eigenvalue weighted by Crippen LogP contribution is 2.18. The molecular weight excluding hydrogens is 274 g/mol. The van der Waals surface area contributed by atoms with Gasteiger partial charge in [0, 0.05) is 38.1 Å². The van der Waals surface area contributed by atoms with Crippen molar-refractivity contribution in [2.75, 3.05) is 18.4 Å². The Morgan fingerprint density at radius 2 is 1.95 bits per heavy atom. The number of nitriles is 1. The van der Waals surface area contributed by atoms with Crippen LogP contribution >= 0.6 is 0 Å². The van der Waals surface area contributed by atoms with Crippen molar-refractivity contribution in [1.29, 1.82) is 5.26 Å². The topological polar surface area (TPSA) is 64.8 Å². The third kappa shape index (κ3) is 3.60. The first-order valence-electron chi connectivity index (χ1n) is 7.59. The highest BCUT2D eigenvalue weighted by Gasteiger charge is 2.20. The highest BCUT2D eigenvalue weighted by molar-refractivity contribution is 5.51. The largest absolute Gasteiger partial charge is 0.366 e. The minimum Gasteiger partial charge on any atom is -0.366 e. The van der Waals surface area contributed by atoms with Gasteiger partial charge in [-0.25, -0.2) is 4.98 Å². The molecule has 0 aromatic carbocycles. The van der Waals surface area contributed by atoms with Gasteiger partial charge in [-0.1, -0.05) is 6.07 Å². The maximum Gasteiger partial charge on any atom is 0.144 e. The Morgan fingerprint density at radius 1 is 1.14 bits per heavy atom. The SMILES string of the molecule is N#Cc1cccnc1NC1CCN(Cc2ccccn2)CC1. The third-order valence-electron chi connectivity index (χ3n) is 3.97. The normalized spacial score (nSPS) is 16.1. The van der Waals surface area contributed by atoms with E-state index in [1.807, 2.05) is 18.3 Å². The highest BCUT2D eigenvalue weighted by atomic mass is 15.2. The number of anilines is 1. The molecule has 1 saturated heterocycles. The van der Waals surface area contributed by atoms with Crippen LogP contribution in [0.3, 0.4) is 0 Å². The zero-order chi connectivity index (χ0) is 15.2. The molecule has 22 heavy (non-hydrogen) atoms. The number of hydrogen-bond donors (Lipinski definition) is 1. The van der Waals surface area contributed by atoms with Gasteiger partial charge in [-0.3, -0.25) is 9.88 Å². The lowest BCUT2D eigenvalue weighted by Crippen LogP contribution is -2.39. The molecule has 0 amide bonds. The van der Waals surface area contributed by atoms with Crippen LogP contribution in [0.25, 0.3) is 0 Å². The Labute approximate surface area is 130 Å². The van der Waals surface area contributed by atoms with Crippen LogP contribution in [0.5, 0.6) is 0 Å². The fourth-order valence-electron chi connectivity index (χ4n) is 2.76. The van der Waals surface area contributed by atoms with Gasteiger partial charge in [-0.15, -0.1) is 0 Å². The first-order chi connectivity index (χ1) is 10.8. The Hall–Kier alpha value is -2.45. The predicted octanol–water partition coefficient (Wildman–Crippen LogP) is 2.42. The number of aromatic nitrogens is 2. The summed E-state index contributed by atoms with van der Waals surface area (Å²) in [7, 11) is 0. The Morgan fingerprint density at radius 3 is 2.68 bits per heavy atom. The van der Waals surface area contributed by atoms with E-state index in [0.29, 0.717) is 17.4 Å². The molecule has 5 nitrogen and oxygen atoms in total. The Bertz CT molecular complexity index is 642. The Balaban J connectivity index is 1.53. The molecule has 1 aliphatic rings. The lowest BCUT2D eigenvalue weighted by Gasteiger charge is -2.32. The second kappa shape index (κ2) is 7.01. The first kappa shape index (κ1) is 14.5. The number of rotatable bonds is 4. The van der Waals surface area contributed by atoms with E-state index < -0.39 is 0 Å². The van der Waals surface area contributed by atoms with E-state index in [4.69, 9.17) is 5.26 Å². The molecule has 1 aliphatic heterocycles. The summed E-state index contributed by atoms with van der Waals surface area (Å²) in [6, 6.07) is 12.2. The number of piperidine rings is 1. The summed E-state index contributed by atoms with van der Waals surface area (Å²) < 4.78 is 0. The van der Waals surface area contributed by atoms with Gasteiger partial charge in [0.25, 0.3) is 0 Å². The lowest BCUT2D eigenvalue weighted by atomic mass is 10.0. The molecule has 0 unspecified atom stereocenters. The zero-order valence-electron chi connectivity index (χ0n) is 12.4. The van der Waals surface area contributed by atoms with Crippen LogP contribution in [-0.4, -0.2) is 34.0 Å². The summed E-state index contributed by atoms with van der Waals surface area (Å²) in [5.74, 6) is 0.702. The molecule has 2 aromatic rings. The average Bonchev–Trinajstić information content (AvgIpc) is 2.58. The molecule has 1 fully saturated rings. The van der Waals surface area contributed by atoms with E-state index >= 15 is 0 Å². The van der Waals surface area contributed by atoms with Crippen LogP contribution in [0.2, 0.25) is 0 Å². The standard InChI is InChI=1S/C17H19N5/c18-12-14-4-3-9-20-17(14)21-15-6-10-22(11-7-15)13-16-5-1-2-8-19-16/h1-5,8-9,15H,6-7,10-11,13H2,(H,20,21). The van der Waals surface area contributed by atoms with E-state index in [9.17, 15) is 0 Å². The molecule has 3 heterocycles. The van der Waals surface area contributed by atoms with E-state index in [1.165, 1.54) is 0 Å². The van der Waals surface area contributed by atoms with Crippen LogP contribution < -0.4 is 5.32 Å². The van der Waals surface area contributed by atoms with Gasteiger partial charge in [0.1, 0.15) is 11.9 Å². The minimum absolute atomic E-state index is 0.377. The van der Waals surface area contributed by atoms with Crippen LogP contribution in [0, 0.1) is 11.3 Å². The summed E-state index contributed by atoms with van der Waals surface area (Å²) in [5.41, 5.74) is 1.73. The number of hydrogen-bond acceptors (Lipinski definition) is 5. The van der Waals surface area contributed by atoms with Crippen molar-refractivity contribution in [2.24, 2.45) is 0 Å². The average molecular weight is 293 g/mol. The molecule has 0 saturated carbocycles. The molecule has 112 valence electrons. The van der Waals surface area contributed by atoms with Crippen LogP contribution in [0.4, 0.5) is 5.82 Å². The quantitative estimate of drug-likeness (QED) is 0.938. The predicted molar refractivity (Wildman–Crippen MR) is 85.1 cm³/mol. The van der Waals surface area contributed by atoms with Crippen molar-refractivity contribution in [3.8, 4) is 6.07 Å². The zero-order valence-corrected chi connectivity index (χ0v) is 12.4. The van der Waals surface area contributed by atoms with Crippen molar-refractivity contribution in [3.63, 3.8) is 0 Å². The lowest BCUT2D eigenvalue weighted by molar-refractivity contribution is 0.209. The van der Waals surface area contributed by atoms with Gasteiger partial charge < -0.3 is 5.32 Å². The van der Waals surface area contributed by atoms with Crippen molar-refractivity contribution >= 4 is 5.82 Å². The maximum absolute atomic E-state index is 9.11. The van der Waals surface area contributed by atoms with Gasteiger partial charge in [0.2, 0.25) is 0 Å². The number of likely N-dealkylation sites (tertiary alicyclic amines) is 1. The molecule has 0 radical (unpaired) electrons. The number of nitrogens with one attached hydrogen (secondary N) is 1. The second-order valence-corrected chi connectivity index (χ2v) is 5.53. The van der Waals surface area contributed by atoms with Gasteiger partial charge in [0.05, 0.1) is 11.3 Å². The molecule has 0 atom stereocenters. The van der Waals surface area contributed by atoms with E-state index in [-0.39, 0.29) is 0 Å². The minimum atomic E-state index is 0.377. The van der Waals surface area contributed by atoms with Crippen molar-refractivity contribution in [2.45, 2.75) is 25.4 Å². The van der Waals surface area contributed by atoms with Gasteiger partial charge >= 0.3 is 0 Å². The molecule has 0 bridgehead atoms. The molecule has 0 spiro atoms. The van der Waals surface area contributed by atoms with Gasteiger partial charge in [-0.2, -0.15) is 5.26 Å². The first-order valence-corrected chi connectivity index (χ1v) is 7.59. The second-order valence-electron chi connectivity index (χ2n) is 5.53. The summed E-state index contributed by atoms with van der Waals surface area (Å²) in [6.45, 7) is 2.96. The molecule has 2 aromatic heterocycles. The van der Waals surface area contributed by atoms with Crippen molar-refractivity contribution < 1.29 is 0 Å². The summed E-state index contributed by atoms with van der Waals surface area (Å²) >= 11 is 0. The fourth-order valence-corrected chi connectivity index (χ4v) is 2.76. The fraction of sp³-hybridized carbons (Fsp3) is 0.353. The molecular formula is C17H19N5. The summed E-state index contributed by atoms with van der Waals surface area (Å²) in [5, 5.41) is 12.5. The van der Waals surface area contributed by atoms with Crippen molar-refractivity contribution in [3.05, 3.63) is 54.0 Å². The third-order valence-corrected chi connectivity index (χ3v) is 3.97.